The molecule has 2 aliphatic heterocycles. The van der Waals surface area contributed by atoms with E-state index in [1.807, 2.05) is 28.0 Å². The van der Waals surface area contributed by atoms with Crippen molar-refractivity contribution in [1.82, 2.24) is 10.2 Å². The number of nitrogens with one attached hydrogen (secondary N) is 1. The third kappa shape index (κ3) is 2.86. The first-order valence-electron chi connectivity index (χ1n) is 8.11. The molecule has 0 radical (unpaired) electrons. The molecule has 0 spiro atoms. The van der Waals surface area contributed by atoms with Crippen LogP contribution in [0.2, 0.25) is 0 Å². The molecule has 1 atom stereocenters. The Hall–Kier alpha value is -1.88. The standard InChI is InChI=1S/C17H23N3O2/c1-2-9-19-11-8-18-14(17(19)22)12-16(21)20-10-7-13-5-3-4-6-15(13)20/h3-6,14,18H,2,7-12H2,1H3. The highest BCUT2D eigenvalue weighted by atomic mass is 16.2. The van der Waals surface area contributed by atoms with E-state index in [0.717, 1.165) is 44.7 Å². The number of hydrogen-bond donors (Lipinski definition) is 1. The highest BCUT2D eigenvalue weighted by Crippen LogP contribution is 2.28. The van der Waals surface area contributed by atoms with Gasteiger partial charge in [0.1, 0.15) is 0 Å². The van der Waals surface area contributed by atoms with E-state index in [1.54, 1.807) is 0 Å². The zero-order valence-corrected chi connectivity index (χ0v) is 13.0. The van der Waals surface area contributed by atoms with Crippen molar-refractivity contribution in [3.05, 3.63) is 29.8 Å². The third-order valence-electron chi connectivity index (χ3n) is 4.44. The van der Waals surface area contributed by atoms with Crippen molar-refractivity contribution in [2.45, 2.75) is 32.2 Å². The molecule has 1 aromatic carbocycles. The van der Waals surface area contributed by atoms with Gasteiger partial charge in [0.25, 0.3) is 0 Å². The van der Waals surface area contributed by atoms with Gasteiger partial charge in [0, 0.05) is 31.9 Å². The van der Waals surface area contributed by atoms with Gasteiger partial charge in [0.05, 0.1) is 12.5 Å². The summed E-state index contributed by atoms with van der Waals surface area (Å²) in [7, 11) is 0. The van der Waals surface area contributed by atoms with Gasteiger partial charge in [0.15, 0.2) is 0 Å². The van der Waals surface area contributed by atoms with Crippen LogP contribution in [0.3, 0.4) is 0 Å². The van der Waals surface area contributed by atoms with Crippen LogP contribution in [0.25, 0.3) is 0 Å². The minimum absolute atomic E-state index is 0.0362. The number of fused-ring (bicyclic) bond motifs is 1. The zero-order valence-electron chi connectivity index (χ0n) is 13.0. The minimum Gasteiger partial charge on any atom is -0.340 e. The molecule has 22 heavy (non-hydrogen) atoms. The van der Waals surface area contributed by atoms with Gasteiger partial charge >= 0.3 is 0 Å². The summed E-state index contributed by atoms with van der Waals surface area (Å²) in [6.45, 7) is 5.07. The van der Waals surface area contributed by atoms with Crippen molar-refractivity contribution in [2.24, 2.45) is 0 Å². The Balaban J connectivity index is 1.66. The van der Waals surface area contributed by atoms with E-state index in [-0.39, 0.29) is 24.3 Å². The zero-order chi connectivity index (χ0) is 15.5. The van der Waals surface area contributed by atoms with Crippen LogP contribution in [0.4, 0.5) is 5.69 Å². The molecule has 1 fully saturated rings. The van der Waals surface area contributed by atoms with E-state index >= 15 is 0 Å². The predicted molar refractivity (Wildman–Crippen MR) is 85.8 cm³/mol. The highest BCUT2D eigenvalue weighted by Gasteiger charge is 2.32. The molecule has 0 bridgehead atoms. The summed E-state index contributed by atoms with van der Waals surface area (Å²) >= 11 is 0. The van der Waals surface area contributed by atoms with Crippen LogP contribution in [-0.4, -0.2) is 48.9 Å². The summed E-state index contributed by atoms with van der Waals surface area (Å²) in [5, 5.41) is 3.20. The molecule has 1 unspecified atom stereocenters. The third-order valence-corrected chi connectivity index (χ3v) is 4.44. The van der Waals surface area contributed by atoms with Crippen molar-refractivity contribution in [2.75, 3.05) is 31.1 Å². The van der Waals surface area contributed by atoms with Gasteiger partial charge in [-0.25, -0.2) is 0 Å². The molecule has 3 rings (SSSR count). The fourth-order valence-electron chi connectivity index (χ4n) is 3.33. The van der Waals surface area contributed by atoms with E-state index in [1.165, 1.54) is 5.56 Å². The Kier molecular flexibility index (Phi) is 4.43. The molecule has 2 heterocycles. The lowest BCUT2D eigenvalue weighted by atomic mass is 10.1. The SMILES string of the molecule is CCCN1CCNC(CC(=O)N2CCc3ccccc32)C1=O. The number of carbonyl (C=O) groups is 2. The topological polar surface area (TPSA) is 52.7 Å². The van der Waals surface area contributed by atoms with Crippen molar-refractivity contribution < 1.29 is 9.59 Å². The quantitative estimate of drug-likeness (QED) is 0.908. The van der Waals surface area contributed by atoms with Crippen LogP contribution in [0, 0.1) is 0 Å². The summed E-state index contributed by atoms with van der Waals surface area (Å²) in [5.74, 6) is 0.100. The van der Waals surface area contributed by atoms with Crippen LogP contribution in [-0.2, 0) is 16.0 Å². The Morgan fingerprint density at radius 3 is 2.95 bits per heavy atom. The van der Waals surface area contributed by atoms with Gasteiger partial charge in [-0.05, 0) is 24.5 Å². The first-order valence-corrected chi connectivity index (χ1v) is 8.11. The molecule has 2 amide bonds. The average Bonchev–Trinajstić information content (AvgIpc) is 2.95. The van der Waals surface area contributed by atoms with Gasteiger partial charge in [0.2, 0.25) is 11.8 Å². The maximum atomic E-state index is 12.6. The van der Waals surface area contributed by atoms with Crippen molar-refractivity contribution >= 4 is 17.5 Å². The van der Waals surface area contributed by atoms with E-state index in [2.05, 4.69) is 18.3 Å². The predicted octanol–water partition coefficient (Wildman–Crippen LogP) is 1.18. The Labute approximate surface area is 131 Å². The lowest BCUT2D eigenvalue weighted by Crippen LogP contribution is -2.56. The number of nitrogens with zero attached hydrogens (tertiary/aromatic N) is 2. The molecule has 1 N–H and O–H groups in total. The molecule has 5 heteroatoms. The number of benzene rings is 1. The summed E-state index contributed by atoms with van der Waals surface area (Å²) in [6, 6.07) is 7.63. The summed E-state index contributed by atoms with van der Waals surface area (Å²) in [6.07, 6.45) is 2.09. The molecule has 118 valence electrons. The van der Waals surface area contributed by atoms with Crippen LogP contribution < -0.4 is 10.2 Å². The van der Waals surface area contributed by atoms with Gasteiger partial charge in [-0.2, -0.15) is 0 Å². The van der Waals surface area contributed by atoms with Crippen molar-refractivity contribution in [1.29, 1.82) is 0 Å². The second kappa shape index (κ2) is 6.48. The lowest BCUT2D eigenvalue weighted by Gasteiger charge is -2.33. The minimum atomic E-state index is -0.374. The van der Waals surface area contributed by atoms with E-state index in [0.29, 0.717) is 0 Å². The van der Waals surface area contributed by atoms with Gasteiger partial charge < -0.3 is 15.1 Å². The smallest absolute Gasteiger partial charge is 0.240 e. The Morgan fingerprint density at radius 2 is 2.14 bits per heavy atom. The second-order valence-electron chi connectivity index (χ2n) is 5.96. The lowest BCUT2D eigenvalue weighted by molar-refractivity contribution is -0.137. The number of rotatable bonds is 4. The monoisotopic (exact) mass is 301 g/mol. The molecule has 0 aliphatic carbocycles. The van der Waals surface area contributed by atoms with E-state index < -0.39 is 0 Å². The van der Waals surface area contributed by atoms with Crippen LogP contribution in [0.5, 0.6) is 0 Å². The van der Waals surface area contributed by atoms with Gasteiger partial charge in [-0.15, -0.1) is 0 Å². The maximum absolute atomic E-state index is 12.6. The normalized spacial score (nSPS) is 21.1. The molecular formula is C17H23N3O2. The van der Waals surface area contributed by atoms with E-state index in [4.69, 9.17) is 0 Å². The number of carbonyl (C=O) groups excluding carboxylic acids is 2. The van der Waals surface area contributed by atoms with Gasteiger partial charge in [-0.3, -0.25) is 9.59 Å². The van der Waals surface area contributed by atoms with E-state index in [9.17, 15) is 9.59 Å². The molecule has 1 aromatic rings. The highest BCUT2D eigenvalue weighted by molar-refractivity contribution is 5.98. The van der Waals surface area contributed by atoms with Crippen LogP contribution >= 0.6 is 0 Å². The van der Waals surface area contributed by atoms with Crippen molar-refractivity contribution in [3.63, 3.8) is 0 Å². The number of amides is 2. The average molecular weight is 301 g/mol. The Bertz CT molecular complexity index is 571. The molecule has 1 saturated heterocycles. The molecular weight excluding hydrogens is 278 g/mol. The molecule has 2 aliphatic rings. The number of anilines is 1. The molecule has 5 nitrogen and oxygen atoms in total. The molecule has 0 saturated carbocycles. The largest absolute Gasteiger partial charge is 0.340 e. The first-order chi connectivity index (χ1) is 10.7. The number of piperazine rings is 1. The van der Waals surface area contributed by atoms with Crippen molar-refractivity contribution in [3.8, 4) is 0 Å². The fraction of sp³-hybridized carbons (Fsp3) is 0.529. The van der Waals surface area contributed by atoms with Crippen LogP contribution in [0.15, 0.2) is 24.3 Å². The molecule has 0 aromatic heterocycles. The second-order valence-corrected chi connectivity index (χ2v) is 5.96. The van der Waals surface area contributed by atoms with Crippen LogP contribution in [0.1, 0.15) is 25.3 Å². The fourth-order valence-corrected chi connectivity index (χ4v) is 3.33. The first kappa shape index (κ1) is 15.0. The number of para-hydroxylation sites is 1. The maximum Gasteiger partial charge on any atom is 0.240 e. The Morgan fingerprint density at radius 1 is 1.32 bits per heavy atom. The van der Waals surface area contributed by atoms with Gasteiger partial charge in [-0.1, -0.05) is 25.1 Å². The summed E-state index contributed by atoms with van der Waals surface area (Å²) in [5.41, 5.74) is 2.22. The summed E-state index contributed by atoms with van der Waals surface area (Å²) in [4.78, 5) is 28.7. The summed E-state index contributed by atoms with van der Waals surface area (Å²) < 4.78 is 0. The number of hydrogen-bond acceptors (Lipinski definition) is 3.